The molecule has 2 N–H and O–H groups in total. The van der Waals surface area contributed by atoms with Gasteiger partial charge in [-0.1, -0.05) is 18.2 Å². The normalized spacial score (nSPS) is 20.2. The van der Waals surface area contributed by atoms with E-state index >= 15 is 0 Å². The fourth-order valence-electron chi connectivity index (χ4n) is 4.61. The maximum absolute atomic E-state index is 13.1. The molecule has 0 spiro atoms. The number of anilines is 2. The van der Waals surface area contributed by atoms with Crippen molar-refractivity contribution in [3.8, 4) is 0 Å². The first-order chi connectivity index (χ1) is 16.3. The van der Waals surface area contributed by atoms with Crippen LogP contribution >= 0.6 is 22.7 Å². The zero-order chi connectivity index (χ0) is 23.9. The Balaban J connectivity index is 1.28. The summed E-state index contributed by atoms with van der Waals surface area (Å²) >= 11 is 2.91. The minimum Gasteiger partial charge on any atom is -0.374 e. The predicted molar refractivity (Wildman–Crippen MR) is 136 cm³/mol. The van der Waals surface area contributed by atoms with Gasteiger partial charge in [0.05, 0.1) is 17.4 Å². The van der Waals surface area contributed by atoms with Crippen LogP contribution in [0.25, 0.3) is 0 Å². The Morgan fingerprint density at radius 1 is 1.32 bits per heavy atom. The number of aromatic nitrogens is 1. The maximum atomic E-state index is 13.1. The van der Waals surface area contributed by atoms with E-state index in [0.717, 1.165) is 48.7 Å². The fourth-order valence-corrected chi connectivity index (χ4v) is 7.99. The highest BCUT2D eigenvalue weighted by Gasteiger charge is 2.31. The summed E-state index contributed by atoms with van der Waals surface area (Å²) in [6.45, 7) is 4.19. The number of fused-ring (bicyclic) bond motifs is 1. The Morgan fingerprint density at radius 3 is 2.94 bits per heavy atom. The van der Waals surface area contributed by atoms with Gasteiger partial charge in [0.2, 0.25) is 5.91 Å². The zero-order valence-corrected chi connectivity index (χ0v) is 21.5. The summed E-state index contributed by atoms with van der Waals surface area (Å²) in [6, 6.07) is 9.40. The van der Waals surface area contributed by atoms with E-state index in [0.29, 0.717) is 9.90 Å². The molecule has 8 nitrogen and oxygen atoms in total. The summed E-state index contributed by atoms with van der Waals surface area (Å²) in [7, 11) is -2.00. The van der Waals surface area contributed by atoms with Gasteiger partial charge in [-0.15, -0.1) is 22.7 Å². The van der Waals surface area contributed by atoms with Gasteiger partial charge in [0.15, 0.2) is 0 Å². The van der Waals surface area contributed by atoms with Crippen LogP contribution in [0.4, 0.5) is 11.4 Å². The molecule has 3 aromatic rings. The smallest absolute Gasteiger partial charge is 0.273 e. The van der Waals surface area contributed by atoms with Crippen molar-refractivity contribution in [1.82, 2.24) is 15.2 Å². The van der Waals surface area contributed by atoms with Gasteiger partial charge in [-0.05, 0) is 29.5 Å². The van der Waals surface area contributed by atoms with E-state index in [4.69, 9.17) is 0 Å². The van der Waals surface area contributed by atoms with Gasteiger partial charge >= 0.3 is 0 Å². The second-order valence-corrected chi connectivity index (χ2v) is 13.0. The van der Waals surface area contributed by atoms with Crippen LogP contribution in [0.3, 0.4) is 0 Å². The van der Waals surface area contributed by atoms with Crippen molar-refractivity contribution in [3.63, 3.8) is 0 Å². The molecule has 0 bridgehead atoms. The summed E-state index contributed by atoms with van der Waals surface area (Å²) in [5.41, 5.74) is 2.58. The highest BCUT2D eigenvalue weighted by Crippen LogP contribution is 2.42. The minimum atomic E-state index is -3.61. The van der Waals surface area contributed by atoms with E-state index in [2.05, 4.69) is 20.5 Å². The lowest BCUT2D eigenvalue weighted by Gasteiger charge is -2.21. The van der Waals surface area contributed by atoms with Gasteiger partial charge in [-0.2, -0.15) is 0 Å². The van der Waals surface area contributed by atoms with E-state index in [-0.39, 0.29) is 18.0 Å². The van der Waals surface area contributed by atoms with Gasteiger partial charge in [-0.25, -0.2) is 13.4 Å². The Bertz CT molecular complexity index is 1290. The molecule has 1 amide bonds. The molecule has 1 fully saturated rings. The molecule has 180 valence electrons. The molecule has 1 saturated heterocycles. The van der Waals surface area contributed by atoms with E-state index in [1.165, 1.54) is 20.5 Å². The highest BCUT2D eigenvalue weighted by molar-refractivity contribution is 7.94. The topological polar surface area (TPSA) is 94.6 Å². The van der Waals surface area contributed by atoms with Gasteiger partial charge in [-0.3, -0.25) is 14.0 Å². The van der Waals surface area contributed by atoms with Crippen LogP contribution in [0, 0.1) is 0 Å². The zero-order valence-electron chi connectivity index (χ0n) is 19.0. The molecule has 1 aromatic carbocycles. The first-order valence-corrected chi connectivity index (χ1v) is 14.3. The van der Waals surface area contributed by atoms with Gasteiger partial charge < -0.3 is 10.6 Å². The number of hydrogen-bond acceptors (Lipinski definition) is 8. The van der Waals surface area contributed by atoms with Crippen molar-refractivity contribution < 1.29 is 13.2 Å². The van der Waals surface area contributed by atoms with Crippen LogP contribution in [-0.2, 0) is 27.8 Å². The molecule has 0 radical (unpaired) electrons. The second kappa shape index (κ2) is 9.29. The van der Waals surface area contributed by atoms with E-state index in [1.807, 2.05) is 24.4 Å². The van der Waals surface area contributed by atoms with Crippen molar-refractivity contribution in [2.45, 2.75) is 42.6 Å². The van der Waals surface area contributed by atoms with Crippen LogP contribution in [-0.4, -0.2) is 50.4 Å². The summed E-state index contributed by atoms with van der Waals surface area (Å²) in [4.78, 5) is 19.5. The number of amides is 1. The molecule has 2 atom stereocenters. The van der Waals surface area contributed by atoms with Crippen LogP contribution in [0.1, 0.15) is 34.8 Å². The lowest BCUT2D eigenvalue weighted by molar-refractivity contribution is -0.119. The van der Waals surface area contributed by atoms with Crippen molar-refractivity contribution in [3.05, 3.63) is 57.4 Å². The number of hydrogen-bond donors (Lipinski definition) is 2. The number of carbonyl (C=O) groups excluding carboxylic acids is 1. The average Bonchev–Trinajstić information content (AvgIpc) is 3.58. The van der Waals surface area contributed by atoms with Crippen molar-refractivity contribution in [2.75, 3.05) is 29.8 Å². The Labute approximate surface area is 207 Å². The summed E-state index contributed by atoms with van der Waals surface area (Å²) in [6.07, 6.45) is 3.66. The number of thiazole rings is 1. The quantitative estimate of drug-likeness (QED) is 0.499. The first-order valence-electron chi connectivity index (χ1n) is 11.2. The monoisotopic (exact) mass is 517 g/mol. The average molecular weight is 518 g/mol. The summed E-state index contributed by atoms with van der Waals surface area (Å²) in [5, 5.41) is 9.31. The molecule has 0 saturated carbocycles. The van der Waals surface area contributed by atoms with Crippen molar-refractivity contribution >= 4 is 50.0 Å². The Morgan fingerprint density at radius 2 is 2.18 bits per heavy atom. The molecule has 34 heavy (non-hydrogen) atoms. The number of benzene rings is 1. The predicted octanol–water partition coefficient (Wildman–Crippen LogP) is 3.45. The number of carbonyl (C=O) groups is 1. The molecule has 5 rings (SSSR count). The number of nitrogens with zero attached hydrogens (tertiary/aromatic N) is 3. The lowest BCUT2D eigenvalue weighted by atomic mass is 10.1. The number of rotatable bonds is 7. The van der Waals surface area contributed by atoms with Gasteiger partial charge in [0, 0.05) is 57.1 Å². The van der Waals surface area contributed by atoms with Crippen LogP contribution in [0.15, 0.2) is 46.1 Å². The fraction of sp³-hybridized carbons (Fsp3) is 0.391. The molecule has 4 heterocycles. The number of sulfonamides is 1. The van der Waals surface area contributed by atoms with E-state index in [9.17, 15) is 13.2 Å². The number of thiophene rings is 1. The first kappa shape index (κ1) is 23.3. The highest BCUT2D eigenvalue weighted by atomic mass is 32.2. The van der Waals surface area contributed by atoms with E-state index < -0.39 is 10.0 Å². The van der Waals surface area contributed by atoms with Crippen LogP contribution in [0.2, 0.25) is 0 Å². The Hall–Kier alpha value is -2.47. The third-order valence-electron chi connectivity index (χ3n) is 6.25. The van der Waals surface area contributed by atoms with Crippen LogP contribution in [0.5, 0.6) is 0 Å². The van der Waals surface area contributed by atoms with Crippen LogP contribution < -0.4 is 14.9 Å². The molecule has 0 aliphatic carbocycles. The number of para-hydroxylation sites is 1. The molecular formula is C23H27N5O3S3. The third kappa shape index (κ3) is 4.57. The molecule has 11 heteroatoms. The van der Waals surface area contributed by atoms with Gasteiger partial charge in [0.25, 0.3) is 10.0 Å². The van der Waals surface area contributed by atoms with Gasteiger partial charge in [0.1, 0.15) is 9.22 Å². The summed E-state index contributed by atoms with van der Waals surface area (Å²) in [5.74, 6) is 0.0204. The largest absolute Gasteiger partial charge is 0.374 e. The number of likely N-dealkylation sites (tertiary alicyclic amines) is 1. The SMILES string of the molecule is CC(=O)NC1CCN(Cc2cnc(C3Cc4cccc(N(C)S(=O)(=O)c5cccs5)c4N3)s2)C1. The molecule has 2 aliphatic rings. The summed E-state index contributed by atoms with van der Waals surface area (Å²) < 4.78 is 27.8. The molecule has 2 unspecified atom stereocenters. The number of nitrogens with one attached hydrogen (secondary N) is 2. The maximum Gasteiger partial charge on any atom is 0.273 e. The Kier molecular flexibility index (Phi) is 6.36. The lowest BCUT2D eigenvalue weighted by Crippen LogP contribution is -2.35. The minimum absolute atomic E-state index is 0.0125. The molecule has 2 aliphatic heterocycles. The van der Waals surface area contributed by atoms with Crippen molar-refractivity contribution in [2.24, 2.45) is 0 Å². The third-order valence-corrected chi connectivity index (χ3v) is 10.5. The second-order valence-electron chi connectivity index (χ2n) is 8.70. The standard InChI is InChI=1S/C23H27N5O3S3/c1-15(29)25-17-8-9-28(13-17)14-18-12-24-23(33-18)19-11-16-5-3-6-20(22(16)26-19)27(2)34(30,31)21-7-4-10-32-21/h3-7,10,12,17,19,26H,8-9,11,13-14H2,1-2H3,(H,25,29). The molecule has 2 aromatic heterocycles. The van der Waals surface area contributed by atoms with E-state index in [1.54, 1.807) is 42.8 Å². The molecular weight excluding hydrogens is 490 g/mol. The van der Waals surface area contributed by atoms with Crippen molar-refractivity contribution in [1.29, 1.82) is 0 Å².